The van der Waals surface area contributed by atoms with E-state index in [1.807, 2.05) is 18.2 Å². The predicted molar refractivity (Wildman–Crippen MR) is 328 cm³/mol. The van der Waals surface area contributed by atoms with Crippen molar-refractivity contribution in [2.45, 2.75) is 199 Å². The van der Waals surface area contributed by atoms with Gasteiger partial charge in [0.05, 0.1) is 42.8 Å². The zero-order chi connectivity index (χ0) is 65.6. The summed E-state index contributed by atoms with van der Waals surface area (Å²) in [5.74, 6) is -4.78. The number of aliphatic hydroxyl groups excluding tert-OH is 2. The molecule has 0 spiro atoms. The van der Waals surface area contributed by atoms with Gasteiger partial charge in [0.25, 0.3) is 0 Å². The Morgan fingerprint density at radius 1 is 0.598 bits per heavy atom. The molecule has 2 aliphatic rings. The lowest BCUT2D eigenvalue weighted by atomic mass is 9.73. The van der Waals surface area contributed by atoms with Crippen molar-refractivity contribution < 1.29 is 67.0 Å². The molecule has 87 heavy (non-hydrogen) atoms. The number of nitrogens with one attached hydrogen (secondary N) is 5. The Morgan fingerprint density at radius 3 is 1.22 bits per heavy atom. The lowest BCUT2D eigenvalue weighted by molar-refractivity contribution is -0.184. The second-order valence-corrected chi connectivity index (χ2v) is 25.2. The fourth-order valence-corrected chi connectivity index (χ4v) is 11.0. The Morgan fingerprint density at radius 2 is 0.943 bits per heavy atom. The van der Waals surface area contributed by atoms with Crippen molar-refractivity contribution >= 4 is 52.7 Å². The van der Waals surface area contributed by atoms with Crippen LogP contribution in [-0.4, -0.2) is 122 Å². The summed E-state index contributed by atoms with van der Waals surface area (Å²) in [5.41, 5.74) is 6.47. The highest BCUT2D eigenvalue weighted by Gasteiger charge is 2.41. The molecule has 4 aromatic rings. The van der Waals surface area contributed by atoms with Gasteiger partial charge in [0.2, 0.25) is 29.5 Å². The molecule has 17 nitrogen and oxygen atoms in total. The van der Waals surface area contributed by atoms with Crippen LogP contribution in [0.25, 0.3) is 0 Å². The topological polar surface area (TPSA) is 242 Å². The Bertz CT molecular complexity index is 2810. The number of amides is 5. The SMILES string of the molecule is CC(=O)N[C@@H](Cc1cc(F)cc(F)c1)[C@H](O)CNC1(c2cccc(C(C)(C)C)c2)CCC(N(O)C(C)=O)CC1.CC(=O)N[C@@H](Cc1cc(F)cc(F)c1)[C@H](O)CNC1(c2cccc(C(C)(C)C)c2)CCC(NO)CC1.CON(C(C)=O)C(C)=O.ClCCl. The van der Waals surface area contributed by atoms with Crippen LogP contribution in [0.3, 0.4) is 0 Å². The number of nitrogens with zero attached hydrogens (tertiary/aromatic N) is 2. The molecule has 0 radical (unpaired) electrons. The van der Waals surface area contributed by atoms with Crippen molar-refractivity contribution in [1.29, 1.82) is 0 Å². The highest BCUT2D eigenvalue weighted by Crippen LogP contribution is 2.41. The van der Waals surface area contributed by atoms with E-state index in [2.05, 4.69) is 103 Å². The summed E-state index contributed by atoms with van der Waals surface area (Å²) in [6.07, 6.45) is 3.34. The maximum absolute atomic E-state index is 13.8. The number of hydrogen-bond acceptors (Lipinski definition) is 13. The minimum absolute atomic E-state index is 0.00523. The summed E-state index contributed by atoms with van der Waals surface area (Å²) in [7, 11) is 1.27. The van der Waals surface area contributed by atoms with Crippen molar-refractivity contribution in [3.05, 3.63) is 142 Å². The van der Waals surface area contributed by atoms with Gasteiger partial charge in [-0.1, -0.05) is 90.1 Å². The summed E-state index contributed by atoms with van der Waals surface area (Å²) < 4.78 is 55.0. The zero-order valence-electron chi connectivity index (χ0n) is 52.1. The minimum atomic E-state index is -1.06. The van der Waals surface area contributed by atoms with E-state index < -0.39 is 76.4 Å². The third kappa shape index (κ3) is 24.4. The van der Waals surface area contributed by atoms with Crippen LogP contribution < -0.4 is 26.7 Å². The number of benzene rings is 4. The summed E-state index contributed by atoms with van der Waals surface area (Å²) in [6.45, 7) is 19.7. The summed E-state index contributed by atoms with van der Waals surface area (Å²) in [4.78, 5) is 60.7. The van der Waals surface area contributed by atoms with Gasteiger partial charge >= 0.3 is 0 Å². The Labute approximate surface area is 520 Å². The summed E-state index contributed by atoms with van der Waals surface area (Å²) >= 11 is 9.53. The first-order valence-electron chi connectivity index (χ1n) is 29.0. The number of carbonyl (C=O) groups is 5. The Kier molecular flexibility index (Phi) is 30.4. The summed E-state index contributed by atoms with van der Waals surface area (Å²) in [5, 5.41) is 56.2. The zero-order valence-corrected chi connectivity index (χ0v) is 53.7. The quantitative estimate of drug-likeness (QED) is 0.0184. The van der Waals surface area contributed by atoms with Gasteiger partial charge in [0.15, 0.2) is 0 Å². The average Bonchev–Trinajstić information content (AvgIpc) is 3.12. The molecule has 2 aliphatic carbocycles. The molecule has 0 unspecified atom stereocenters. The molecule has 484 valence electrons. The van der Waals surface area contributed by atoms with Crippen LogP contribution in [0.15, 0.2) is 84.9 Å². The maximum atomic E-state index is 13.8. The molecule has 4 atom stereocenters. The molecule has 0 bridgehead atoms. The van der Waals surface area contributed by atoms with Crippen molar-refractivity contribution in [2.24, 2.45) is 0 Å². The number of halogens is 6. The van der Waals surface area contributed by atoms with Crippen molar-refractivity contribution in [3.8, 4) is 0 Å². The van der Waals surface area contributed by atoms with E-state index in [0.717, 1.165) is 59.6 Å². The smallest absolute Gasteiger partial charge is 0.250 e. The maximum Gasteiger partial charge on any atom is 0.250 e. The van der Waals surface area contributed by atoms with E-state index in [9.17, 15) is 62.2 Å². The predicted octanol–water partition coefficient (Wildman–Crippen LogP) is 9.78. The molecule has 2 saturated carbocycles. The van der Waals surface area contributed by atoms with Gasteiger partial charge in [-0.3, -0.25) is 34.0 Å². The van der Waals surface area contributed by atoms with Crippen LogP contribution in [0.1, 0.15) is 161 Å². The van der Waals surface area contributed by atoms with Crippen LogP contribution in [0.5, 0.6) is 0 Å². The van der Waals surface area contributed by atoms with Crippen LogP contribution in [0, 0.1) is 23.3 Å². The highest BCUT2D eigenvalue weighted by molar-refractivity contribution is 6.40. The first-order chi connectivity index (χ1) is 40.6. The fraction of sp³-hybridized carbons (Fsp3) is 0.547. The number of rotatable bonds is 19. The Balaban J connectivity index is 0.000000384. The molecule has 23 heteroatoms. The first kappa shape index (κ1) is 75.7. The van der Waals surface area contributed by atoms with E-state index in [1.54, 1.807) is 0 Å². The van der Waals surface area contributed by atoms with Gasteiger partial charge in [-0.2, -0.15) is 5.06 Å². The number of carbonyl (C=O) groups excluding carboxylic acids is 5. The van der Waals surface area contributed by atoms with Crippen molar-refractivity contribution in [1.82, 2.24) is 36.9 Å². The minimum Gasteiger partial charge on any atom is -0.390 e. The number of alkyl halides is 2. The molecular formula is C64H91Cl2F4N7O10. The van der Waals surface area contributed by atoms with E-state index in [4.69, 9.17) is 23.2 Å². The third-order valence-corrected chi connectivity index (χ3v) is 15.6. The first-order valence-corrected chi connectivity index (χ1v) is 30.1. The molecule has 9 N–H and O–H groups in total. The molecule has 0 heterocycles. The average molecular weight is 1270 g/mol. The Hall–Kier alpha value is -5.59. The van der Waals surface area contributed by atoms with Crippen molar-refractivity contribution in [2.75, 3.05) is 25.5 Å². The molecule has 0 aliphatic heterocycles. The van der Waals surface area contributed by atoms with Gasteiger partial charge in [0, 0.05) is 77.0 Å². The van der Waals surface area contributed by atoms with Crippen LogP contribution in [-0.2, 0) is 63.6 Å². The number of imide groups is 1. The lowest BCUT2D eigenvalue weighted by Crippen LogP contribution is -2.54. The lowest BCUT2D eigenvalue weighted by Gasteiger charge is -2.44. The third-order valence-electron chi connectivity index (χ3n) is 15.6. The molecule has 0 aromatic heterocycles. The summed E-state index contributed by atoms with van der Waals surface area (Å²) in [6, 6.07) is 21.3. The standard InChI is InChI=1S/C30H41F2N3O4.C28H39F2N3O3.C5H9NO3.CH2Cl2/c1-19(36)34-27(15-21-13-24(31)17-25(32)14-21)28(38)18-33-30(11-9-26(10-12-30)35(39)20(2)37)23-8-6-7-22(16-23)29(3,4)5;1-18(34)32-25(14-19-12-22(29)16-23(30)13-19)26(35)17-31-28(10-8-24(33-36)9-11-28)21-7-5-6-20(15-21)27(2,3)4;1-4(7)6(9-3)5(2)8;2-1-3/h6-8,13-14,16-17,26-28,33,38-39H,9-12,15,18H2,1-5H3,(H,34,36);5-7,12-13,15-16,24-26,31,33,35-36H,8-11,14,17H2,1-4H3,(H,32,34);1-3H3;1H2/t26?,27-,28+,30?;24?,25-,26+,28?;;/m00../s1. The molecule has 5 amide bonds. The molecule has 2 fully saturated rings. The van der Waals surface area contributed by atoms with Gasteiger partial charge < -0.3 is 36.7 Å². The normalized spacial score (nSPS) is 19.8. The second kappa shape index (κ2) is 35.0. The van der Waals surface area contributed by atoms with E-state index >= 15 is 0 Å². The molecule has 6 rings (SSSR count). The van der Waals surface area contributed by atoms with E-state index in [-0.39, 0.29) is 66.0 Å². The molecular weight excluding hydrogens is 1170 g/mol. The van der Waals surface area contributed by atoms with Gasteiger partial charge in [-0.25, -0.2) is 28.1 Å². The monoisotopic (exact) mass is 1260 g/mol. The number of hydroxylamine groups is 5. The van der Waals surface area contributed by atoms with E-state index in [1.165, 1.54) is 71.6 Å². The van der Waals surface area contributed by atoms with Crippen molar-refractivity contribution in [3.63, 3.8) is 0 Å². The van der Waals surface area contributed by atoms with Gasteiger partial charge in [-0.15, -0.1) is 23.2 Å². The van der Waals surface area contributed by atoms with Crippen LogP contribution >= 0.6 is 23.2 Å². The molecule has 0 saturated heterocycles. The van der Waals surface area contributed by atoms with Gasteiger partial charge in [0.1, 0.15) is 23.3 Å². The van der Waals surface area contributed by atoms with Crippen LogP contribution in [0.4, 0.5) is 17.6 Å². The highest BCUT2D eigenvalue weighted by atomic mass is 35.5. The second-order valence-electron chi connectivity index (χ2n) is 24.4. The fourth-order valence-electron chi connectivity index (χ4n) is 11.0. The molecule has 4 aromatic carbocycles. The number of aliphatic hydroxyl groups is 2. The van der Waals surface area contributed by atoms with E-state index in [0.29, 0.717) is 41.9 Å². The van der Waals surface area contributed by atoms with Gasteiger partial charge in [-0.05, 0) is 133 Å². The largest absolute Gasteiger partial charge is 0.390 e. The number of hydrogen-bond donors (Lipinski definition) is 9. The van der Waals surface area contributed by atoms with Crippen LogP contribution in [0.2, 0.25) is 0 Å².